The highest BCUT2D eigenvalue weighted by molar-refractivity contribution is 7.99. The minimum Gasteiger partial charge on any atom is -0.496 e. The lowest BCUT2D eigenvalue weighted by Crippen LogP contribution is -2.47. The first-order valence-corrected chi connectivity index (χ1v) is 8.34. The van der Waals surface area contributed by atoms with Gasteiger partial charge in [-0.15, -0.1) is 0 Å². The van der Waals surface area contributed by atoms with Crippen LogP contribution in [0.5, 0.6) is 5.75 Å². The molecule has 1 saturated heterocycles. The molecule has 1 N–H and O–H groups in total. The van der Waals surface area contributed by atoms with Gasteiger partial charge in [0.15, 0.2) is 0 Å². The second-order valence-electron chi connectivity index (χ2n) is 5.57. The number of thioether (sulfide) groups is 1. The van der Waals surface area contributed by atoms with Gasteiger partial charge in [0, 0.05) is 30.1 Å². The summed E-state index contributed by atoms with van der Waals surface area (Å²) in [5, 5.41) is 3.53. The minimum absolute atomic E-state index is 0.373. The van der Waals surface area contributed by atoms with E-state index >= 15 is 0 Å². The molecule has 1 aromatic carbocycles. The van der Waals surface area contributed by atoms with E-state index in [1.165, 1.54) is 34.7 Å². The van der Waals surface area contributed by atoms with Crippen LogP contribution in [0.4, 0.5) is 0 Å². The van der Waals surface area contributed by atoms with Crippen LogP contribution in [0.1, 0.15) is 22.7 Å². The van der Waals surface area contributed by atoms with E-state index < -0.39 is 0 Å². The summed E-state index contributed by atoms with van der Waals surface area (Å²) in [5.74, 6) is 3.41. The number of hydrogen-bond acceptors (Lipinski definition) is 4. The van der Waals surface area contributed by atoms with Crippen molar-refractivity contribution >= 4 is 11.8 Å². The molecule has 0 saturated carbocycles. The van der Waals surface area contributed by atoms with Crippen molar-refractivity contribution in [1.82, 2.24) is 10.2 Å². The van der Waals surface area contributed by atoms with Gasteiger partial charge in [-0.05, 0) is 50.7 Å². The maximum absolute atomic E-state index is 5.43. The number of benzene rings is 1. The van der Waals surface area contributed by atoms with E-state index in [2.05, 4.69) is 62.1 Å². The van der Waals surface area contributed by atoms with Crippen LogP contribution in [-0.4, -0.2) is 50.2 Å². The van der Waals surface area contributed by atoms with Crippen LogP contribution in [-0.2, 0) is 0 Å². The predicted octanol–water partition coefficient (Wildman–Crippen LogP) is 2.62. The van der Waals surface area contributed by atoms with Crippen LogP contribution in [0.2, 0.25) is 0 Å². The molecule has 1 fully saturated rings. The Morgan fingerprint density at radius 2 is 2.10 bits per heavy atom. The Hall–Kier alpha value is -0.710. The lowest BCUT2D eigenvalue weighted by atomic mass is 9.93. The number of rotatable bonds is 4. The van der Waals surface area contributed by atoms with Crippen LogP contribution in [0, 0.1) is 13.8 Å². The SMILES string of the molecule is CNC(c1cc(C)c(OC)cc1C)C1CSCCN1C. The molecule has 1 aromatic rings. The highest BCUT2D eigenvalue weighted by atomic mass is 32.2. The van der Waals surface area contributed by atoms with Crippen LogP contribution < -0.4 is 10.1 Å². The first-order valence-electron chi connectivity index (χ1n) is 7.18. The van der Waals surface area contributed by atoms with E-state index in [4.69, 9.17) is 4.74 Å². The second-order valence-corrected chi connectivity index (χ2v) is 6.72. The number of methoxy groups -OCH3 is 1. The molecule has 1 heterocycles. The van der Waals surface area contributed by atoms with Gasteiger partial charge in [-0.3, -0.25) is 4.90 Å². The van der Waals surface area contributed by atoms with E-state index in [-0.39, 0.29) is 0 Å². The van der Waals surface area contributed by atoms with Gasteiger partial charge >= 0.3 is 0 Å². The molecule has 0 spiro atoms. The molecule has 2 rings (SSSR count). The molecular weight excluding hydrogens is 268 g/mol. The Bertz CT molecular complexity index is 464. The Kier molecular flexibility index (Phi) is 5.35. The third kappa shape index (κ3) is 3.13. The quantitative estimate of drug-likeness (QED) is 0.922. The summed E-state index contributed by atoms with van der Waals surface area (Å²) in [6, 6.07) is 5.36. The molecular formula is C16H26N2OS. The van der Waals surface area contributed by atoms with E-state index in [9.17, 15) is 0 Å². The predicted molar refractivity (Wildman–Crippen MR) is 88.0 cm³/mol. The number of hydrogen-bond donors (Lipinski definition) is 1. The van der Waals surface area contributed by atoms with Crippen molar-refractivity contribution in [3.05, 3.63) is 28.8 Å². The summed E-state index contributed by atoms with van der Waals surface area (Å²) >= 11 is 2.06. The number of likely N-dealkylation sites (N-methyl/N-ethyl adjacent to an activating group) is 2. The van der Waals surface area contributed by atoms with E-state index in [0.29, 0.717) is 12.1 Å². The van der Waals surface area contributed by atoms with Crippen molar-refractivity contribution in [2.75, 3.05) is 39.3 Å². The van der Waals surface area contributed by atoms with E-state index in [1.54, 1.807) is 7.11 Å². The Morgan fingerprint density at radius 3 is 2.70 bits per heavy atom. The maximum atomic E-state index is 5.43. The molecule has 20 heavy (non-hydrogen) atoms. The van der Waals surface area contributed by atoms with Crippen molar-refractivity contribution in [1.29, 1.82) is 0 Å². The van der Waals surface area contributed by atoms with Gasteiger partial charge in [0.2, 0.25) is 0 Å². The lowest BCUT2D eigenvalue weighted by Gasteiger charge is -2.38. The largest absolute Gasteiger partial charge is 0.496 e. The van der Waals surface area contributed by atoms with Crippen molar-refractivity contribution in [2.45, 2.75) is 25.9 Å². The number of nitrogens with one attached hydrogen (secondary N) is 1. The summed E-state index contributed by atoms with van der Waals surface area (Å²) in [4.78, 5) is 2.48. The topological polar surface area (TPSA) is 24.5 Å². The van der Waals surface area contributed by atoms with Crippen LogP contribution in [0.15, 0.2) is 12.1 Å². The third-order valence-electron chi connectivity index (χ3n) is 4.26. The Morgan fingerprint density at radius 1 is 1.35 bits per heavy atom. The smallest absolute Gasteiger partial charge is 0.122 e. The molecule has 0 aromatic heterocycles. The molecule has 2 unspecified atom stereocenters. The molecule has 0 aliphatic carbocycles. The summed E-state index contributed by atoms with van der Waals surface area (Å²) in [6.45, 7) is 5.47. The second kappa shape index (κ2) is 6.83. The molecule has 0 bridgehead atoms. The first kappa shape index (κ1) is 15.7. The summed E-state index contributed by atoms with van der Waals surface area (Å²) in [5.41, 5.74) is 3.90. The number of ether oxygens (including phenoxy) is 1. The summed E-state index contributed by atoms with van der Waals surface area (Å²) in [6.07, 6.45) is 0. The average Bonchev–Trinajstić information content (AvgIpc) is 2.45. The lowest BCUT2D eigenvalue weighted by molar-refractivity contribution is 0.221. The molecule has 0 amide bonds. The minimum atomic E-state index is 0.373. The molecule has 2 atom stereocenters. The van der Waals surface area contributed by atoms with Crippen molar-refractivity contribution < 1.29 is 4.74 Å². The molecule has 1 aliphatic heterocycles. The molecule has 112 valence electrons. The fourth-order valence-corrected chi connectivity index (χ4v) is 4.25. The number of nitrogens with zero attached hydrogens (tertiary/aromatic N) is 1. The van der Waals surface area contributed by atoms with Gasteiger partial charge in [0.25, 0.3) is 0 Å². The number of aryl methyl sites for hydroxylation is 2. The fraction of sp³-hybridized carbons (Fsp3) is 0.625. The zero-order valence-corrected chi connectivity index (χ0v) is 14.0. The monoisotopic (exact) mass is 294 g/mol. The van der Waals surface area contributed by atoms with Crippen molar-refractivity contribution in [3.63, 3.8) is 0 Å². The fourth-order valence-electron chi connectivity index (χ4n) is 2.98. The van der Waals surface area contributed by atoms with Gasteiger partial charge in [-0.1, -0.05) is 6.07 Å². The standard InChI is InChI=1S/C16H26N2OS/c1-11-9-15(19-5)12(2)8-13(11)16(17-3)14-10-20-7-6-18(14)4/h8-9,14,16-17H,6-7,10H2,1-5H3. The highest BCUT2D eigenvalue weighted by Crippen LogP contribution is 2.32. The van der Waals surface area contributed by atoms with E-state index in [0.717, 1.165) is 5.75 Å². The van der Waals surface area contributed by atoms with Gasteiger partial charge in [0.05, 0.1) is 7.11 Å². The highest BCUT2D eigenvalue weighted by Gasteiger charge is 2.29. The van der Waals surface area contributed by atoms with Gasteiger partial charge < -0.3 is 10.1 Å². The Balaban J connectivity index is 2.33. The molecule has 3 nitrogen and oxygen atoms in total. The van der Waals surface area contributed by atoms with Gasteiger partial charge in [-0.25, -0.2) is 0 Å². The van der Waals surface area contributed by atoms with Crippen molar-refractivity contribution in [3.8, 4) is 5.75 Å². The van der Waals surface area contributed by atoms with Crippen molar-refractivity contribution in [2.24, 2.45) is 0 Å². The van der Waals surface area contributed by atoms with Crippen LogP contribution in [0.25, 0.3) is 0 Å². The normalized spacial score (nSPS) is 21.8. The van der Waals surface area contributed by atoms with Crippen LogP contribution in [0.3, 0.4) is 0 Å². The van der Waals surface area contributed by atoms with Gasteiger partial charge in [-0.2, -0.15) is 11.8 Å². The molecule has 1 aliphatic rings. The average molecular weight is 294 g/mol. The van der Waals surface area contributed by atoms with E-state index in [1.807, 2.05) is 0 Å². The first-order chi connectivity index (χ1) is 9.58. The summed E-state index contributed by atoms with van der Waals surface area (Å²) < 4.78 is 5.43. The zero-order chi connectivity index (χ0) is 14.7. The molecule has 4 heteroatoms. The Labute approximate surface area is 127 Å². The molecule has 0 radical (unpaired) electrons. The zero-order valence-electron chi connectivity index (χ0n) is 13.2. The third-order valence-corrected chi connectivity index (χ3v) is 5.31. The maximum Gasteiger partial charge on any atom is 0.122 e. The van der Waals surface area contributed by atoms with Crippen LogP contribution >= 0.6 is 11.8 Å². The summed E-state index contributed by atoms with van der Waals surface area (Å²) in [7, 11) is 6.04. The van der Waals surface area contributed by atoms with Gasteiger partial charge in [0.1, 0.15) is 5.75 Å².